The molecule has 1 aromatic carbocycles. The molecular formula is C14H22N2. The van der Waals surface area contributed by atoms with Crippen molar-refractivity contribution in [3.05, 3.63) is 30.3 Å². The first-order valence-electron chi connectivity index (χ1n) is 6.11. The second-order valence-electron chi connectivity index (χ2n) is 5.61. The molecule has 2 rings (SSSR count). The van der Waals surface area contributed by atoms with E-state index in [1.807, 2.05) is 0 Å². The maximum Gasteiger partial charge on any atom is 0.0386 e. The highest BCUT2D eigenvalue weighted by Gasteiger charge is 2.28. The maximum absolute atomic E-state index is 3.55. The summed E-state index contributed by atoms with van der Waals surface area (Å²) in [5, 5.41) is 3.55. The lowest BCUT2D eigenvalue weighted by Gasteiger charge is -2.34. The molecule has 0 aromatic heterocycles. The molecule has 1 saturated heterocycles. The van der Waals surface area contributed by atoms with Gasteiger partial charge in [-0.25, -0.2) is 0 Å². The zero-order valence-electron chi connectivity index (χ0n) is 10.5. The van der Waals surface area contributed by atoms with E-state index >= 15 is 0 Å². The van der Waals surface area contributed by atoms with Gasteiger partial charge >= 0.3 is 0 Å². The summed E-state index contributed by atoms with van der Waals surface area (Å²) in [6.45, 7) is 10.2. The topological polar surface area (TPSA) is 15.3 Å². The summed E-state index contributed by atoms with van der Waals surface area (Å²) < 4.78 is 0. The average molecular weight is 218 g/mol. The van der Waals surface area contributed by atoms with Crippen LogP contribution in [0.5, 0.6) is 0 Å². The monoisotopic (exact) mass is 218 g/mol. The number of anilines is 1. The molecule has 0 spiro atoms. The van der Waals surface area contributed by atoms with E-state index in [9.17, 15) is 0 Å². The molecule has 1 atom stereocenters. The molecule has 1 heterocycles. The van der Waals surface area contributed by atoms with Crippen LogP contribution in [0.25, 0.3) is 0 Å². The van der Waals surface area contributed by atoms with Crippen LogP contribution in [0, 0.1) is 5.41 Å². The van der Waals surface area contributed by atoms with Crippen molar-refractivity contribution in [3.8, 4) is 0 Å². The molecule has 0 saturated carbocycles. The van der Waals surface area contributed by atoms with E-state index in [0.29, 0.717) is 11.5 Å². The van der Waals surface area contributed by atoms with Crippen LogP contribution in [0.4, 0.5) is 5.69 Å². The maximum atomic E-state index is 3.55. The molecule has 0 bridgehead atoms. The number of benzene rings is 1. The standard InChI is InChI=1S/C14H22N2/c1-12-9-15-10-14(2,3)11-16(12)13-7-5-4-6-8-13/h4-8,12,15H,9-11H2,1-3H3. The summed E-state index contributed by atoms with van der Waals surface area (Å²) in [6.07, 6.45) is 0. The van der Waals surface area contributed by atoms with Crippen LogP contribution in [0.1, 0.15) is 20.8 Å². The summed E-state index contributed by atoms with van der Waals surface area (Å²) in [7, 11) is 0. The van der Waals surface area contributed by atoms with Crippen LogP contribution in [0.15, 0.2) is 30.3 Å². The third-order valence-electron chi connectivity index (χ3n) is 3.26. The van der Waals surface area contributed by atoms with Crippen molar-refractivity contribution in [2.75, 3.05) is 24.5 Å². The highest BCUT2D eigenvalue weighted by atomic mass is 15.2. The molecule has 88 valence electrons. The smallest absolute Gasteiger partial charge is 0.0386 e. The van der Waals surface area contributed by atoms with Gasteiger partial charge in [-0.15, -0.1) is 0 Å². The van der Waals surface area contributed by atoms with E-state index in [1.165, 1.54) is 5.69 Å². The Bertz CT molecular complexity index is 332. The van der Waals surface area contributed by atoms with Crippen molar-refractivity contribution in [3.63, 3.8) is 0 Å². The number of hydrogen-bond donors (Lipinski definition) is 1. The summed E-state index contributed by atoms with van der Waals surface area (Å²) in [5.74, 6) is 0. The SMILES string of the molecule is CC1CNCC(C)(C)CN1c1ccccc1. The van der Waals surface area contributed by atoms with Crippen molar-refractivity contribution < 1.29 is 0 Å². The Hall–Kier alpha value is -1.02. The molecule has 16 heavy (non-hydrogen) atoms. The number of para-hydroxylation sites is 1. The van der Waals surface area contributed by atoms with Crippen LogP contribution in [0.2, 0.25) is 0 Å². The fraction of sp³-hybridized carbons (Fsp3) is 0.571. The first-order valence-corrected chi connectivity index (χ1v) is 6.11. The van der Waals surface area contributed by atoms with Gasteiger partial charge in [-0.2, -0.15) is 0 Å². The minimum absolute atomic E-state index is 0.334. The van der Waals surface area contributed by atoms with E-state index in [4.69, 9.17) is 0 Å². The number of hydrogen-bond acceptors (Lipinski definition) is 2. The molecule has 0 amide bonds. The van der Waals surface area contributed by atoms with E-state index in [-0.39, 0.29) is 0 Å². The Labute approximate surface area is 98.7 Å². The lowest BCUT2D eigenvalue weighted by atomic mass is 9.93. The molecule has 0 radical (unpaired) electrons. The highest BCUT2D eigenvalue weighted by molar-refractivity contribution is 5.47. The van der Waals surface area contributed by atoms with Gasteiger partial charge in [0.1, 0.15) is 0 Å². The van der Waals surface area contributed by atoms with E-state index in [2.05, 4.69) is 61.3 Å². The summed E-state index contributed by atoms with van der Waals surface area (Å²) in [6, 6.07) is 11.3. The molecule has 1 fully saturated rings. The average Bonchev–Trinajstić information content (AvgIpc) is 2.39. The van der Waals surface area contributed by atoms with Gasteiger partial charge in [-0.3, -0.25) is 0 Å². The first-order chi connectivity index (χ1) is 7.58. The largest absolute Gasteiger partial charge is 0.367 e. The fourth-order valence-electron chi connectivity index (χ4n) is 2.37. The van der Waals surface area contributed by atoms with Crippen molar-refractivity contribution in [1.29, 1.82) is 0 Å². The van der Waals surface area contributed by atoms with Crippen LogP contribution < -0.4 is 10.2 Å². The van der Waals surface area contributed by atoms with Crippen LogP contribution in [-0.2, 0) is 0 Å². The van der Waals surface area contributed by atoms with Gasteiger partial charge in [0.15, 0.2) is 0 Å². The second kappa shape index (κ2) is 4.46. The number of rotatable bonds is 1. The van der Waals surface area contributed by atoms with Gasteiger partial charge in [0.2, 0.25) is 0 Å². The van der Waals surface area contributed by atoms with Crippen molar-refractivity contribution >= 4 is 5.69 Å². The minimum atomic E-state index is 0.334. The zero-order chi connectivity index (χ0) is 11.6. The fourth-order valence-corrected chi connectivity index (χ4v) is 2.37. The summed E-state index contributed by atoms with van der Waals surface area (Å²) >= 11 is 0. The van der Waals surface area contributed by atoms with E-state index in [0.717, 1.165) is 19.6 Å². The summed E-state index contributed by atoms with van der Waals surface area (Å²) in [4.78, 5) is 2.51. The van der Waals surface area contributed by atoms with Gasteiger partial charge in [0.05, 0.1) is 0 Å². The molecule has 1 aromatic rings. The lowest BCUT2D eigenvalue weighted by molar-refractivity contribution is 0.369. The van der Waals surface area contributed by atoms with E-state index < -0.39 is 0 Å². The van der Waals surface area contributed by atoms with Gasteiger partial charge in [0, 0.05) is 31.4 Å². The molecule has 2 nitrogen and oxygen atoms in total. The van der Waals surface area contributed by atoms with Crippen molar-refractivity contribution in [2.45, 2.75) is 26.8 Å². The normalized spacial score (nSPS) is 25.2. The second-order valence-corrected chi connectivity index (χ2v) is 5.61. The van der Waals surface area contributed by atoms with E-state index in [1.54, 1.807) is 0 Å². The van der Waals surface area contributed by atoms with Crippen LogP contribution in [-0.4, -0.2) is 25.7 Å². The molecule has 1 aliphatic rings. The Balaban J connectivity index is 2.23. The van der Waals surface area contributed by atoms with Crippen molar-refractivity contribution in [2.24, 2.45) is 5.41 Å². The predicted octanol–water partition coefficient (Wildman–Crippen LogP) is 2.51. The lowest BCUT2D eigenvalue weighted by Crippen LogP contribution is -2.39. The Morgan fingerprint density at radius 2 is 1.94 bits per heavy atom. The molecular weight excluding hydrogens is 196 g/mol. The minimum Gasteiger partial charge on any atom is -0.367 e. The van der Waals surface area contributed by atoms with Gasteiger partial charge in [-0.05, 0) is 24.5 Å². The molecule has 0 aliphatic carbocycles. The van der Waals surface area contributed by atoms with Crippen molar-refractivity contribution in [1.82, 2.24) is 5.32 Å². The molecule has 1 N–H and O–H groups in total. The molecule has 1 unspecified atom stereocenters. The van der Waals surface area contributed by atoms with Gasteiger partial charge in [0.25, 0.3) is 0 Å². The third kappa shape index (κ3) is 2.56. The van der Waals surface area contributed by atoms with Crippen LogP contribution >= 0.6 is 0 Å². The number of nitrogens with zero attached hydrogens (tertiary/aromatic N) is 1. The highest BCUT2D eigenvalue weighted by Crippen LogP contribution is 2.25. The molecule has 1 aliphatic heterocycles. The quantitative estimate of drug-likeness (QED) is 0.779. The Kier molecular flexibility index (Phi) is 3.20. The third-order valence-corrected chi connectivity index (χ3v) is 3.26. The molecule has 2 heteroatoms. The van der Waals surface area contributed by atoms with Gasteiger partial charge in [-0.1, -0.05) is 32.0 Å². The van der Waals surface area contributed by atoms with Gasteiger partial charge < -0.3 is 10.2 Å². The Morgan fingerprint density at radius 1 is 1.25 bits per heavy atom. The zero-order valence-corrected chi connectivity index (χ0v) is 10.5. The number of nitrogens with one attached hydrogen (secondary N) is 1. The first kappa shape index (κ1) is 11.5. The predicted molar refractivity (Wildman–Crippen MR) is 69.9 cm³/mol. The Morgan fingerprint density at radius 3 is 2.62 bits per heavy atom. The summed E-state index contributed by atoms with van der Waals surface area (Å²) in [5.41, 5.74) is 1.67. The van der Waals surface area contributed by atoms with Crippen LogP contribution in [0.3, 0.4) is 0 Å².